The monoisotopic (exact) mass is 169 g/mol. The Morgan fingerprint density at radius 1 is 1.33 bits per heavy atom. The molecule has 0 bridgehead atoms. The van der Waals surface area contributed by atoms with Gasteiger partial charge < -0.3 is 5.73 Å². The zero-order chi connectivity index (χ0) is 9.19. The molecule has 12 heavy (non-hydrogen) atoms. The van der Waals surface area contributed by atoms with Crippen molar-refractivity contribution < 1.29 is 0 Å². The van der Waals surface area contributed by atoms with Crippen molar-refractivity contribution in [2.45, 2.75) is 46.5 Å². The van der Waals surface area contributed by atoms with Gasteiger partial charge in [0.1, 0.15) is 0 Å². The minimum absolute atomic E-state index is 0.602. The van der Waals surface area contributed by atoms with E-state index >= 15 is 0 Å². The molecule has 1 saturated carbocycles. The van der Waals surface area contributed by atoms with E-state index in [9.17, 15) is 0 Å². The quantitative estimate of drug-likeness (QED) is 0.676. The van der Waals surface area contributed by atoms with Gasteiger partial charge in [-0.05, 0) is 49.5 Å². The molecular weight excluding hydrogens is 146 g/mol. The molecule has 72 valence electrons. The SMILES string of the molecule is C[C@@H](CN)C1CCC(C)(C)CC1. The molecule has 0 aliphatic heterocycles. The summed E-state index contributed by atoms with van der Waals surface area (Å²) in [5.74, 6) is 1.64. The maximum Gasteiger partial charge on any atom is -0.00489 e. The average Bonchev–Trinajstić information content (AvgIpc) is 2.03. The fourth-order valence-corrected chi connectivity index (χ4v) is 2.18. The molecule has 1 fully saturated rings. The van der Waals surface area contributed by atoms with Crippen LogP contribution in [0.1, 0.15) is 46.5 Å². The van der Waals surface area contributed by atoms with E-state index in [0.717, 1.165) is 18.4 Å². The molecule has 2 N–H and O–H groups in total. The first-order chi connectivity index (χ1) is 5.55. The van der Waals surface area contributed by atoms with Crippen LogP contribution >= 0.6 is 0 Å². The molecule has 0 radical (unpaired) electrons. The average molecular weight is 169 g/mol. The van der Waals surface area contributed by atoms with Crippen molar-refractivity contribution >= 4 is 0 Å². The van der Waals surface area contributed by atoms with Gasteiger partial charge in [0.25, 0.3) is 0 Å². The van der Waals surface area contributed by atoms with Crippen LogP contribution in [0, 0.1) is 17.3 Å². The van der Waals surface area contributed by atoms with Crippen LogP contribution in [0.15, 0.2) is 0 Å². The van der Waals surface area contributed by atoms with Gasteiger partial charge in [-0.25, -0.2) is 0 Å². The molecule has 0 unspecified atom stereocenters. The summed E-state index contributed by atoms with van der Waals surface area (Å²) in [4.78, 5) is 0. The number of rotatable bonds is 2. The smallest absolute Gasteiger partial charge is 0.00489 e. The number of nitrogens with two attached hydrogens (primary N) is 1. The van der Waals surface area contributed by atoms with Crippen LogP contribution in [0.25, 0.3) is 0 Å². The van der Waals surface area contributed by atoms with Crippen LogP contribution in [-0.2, 0) is 0 Å². The molecule has 0 aromatic carbocycles. The Balaban J connectivity index is 2.36. The first-order valence-electron chi connectivity index (χ1n) is 5.25. The summed E-state index contributed by atoms with van der Waals surface area (Å²) in [5.41, 5.74) is 6.27. The van der Waals surface area contributed by atoms with Crippen molar-refractivity contribution in [3.05, 3.63) is 0 Å². The Hall–Kier alpha value is -0.0400. The Labute approximate surface area is 76.7 Å². The highest BCUT2D eigenvalue weighted by Gasteiger charge is 2.28. The molecule has 0 spiro atoms. The lowest BCUT2D eigenvalue weighted by Gasteiger charge is -2.36. The van der Waals surface area contributed by atoms with E-state index in [-0.39, 0.29) is 0 Å². The van der Waals surface area contributed by atoms with Gasteiger partial charge in [0, 0.05) is 0 Å². The molecule has 1 heteroatoms. The molecule has 0 saturated heterocycles. The minimum atomic E-state index is 0.602. The van der Waals surface area contributed by atoms with Crippen molar-refractivity contribution in [1.82, 2.24) is 0 Å². The highest BCUT2D eigenvalue weighted by molar-refractivity contribution is 4.80. The fourth-order valence-electron chi connectivity index (χ4n) is 2.18. The Morgan fingerprint density at radius 2 is 1.83 bits per heavy atom. The Morgan fingerprint density at radius 3 is 2.25 bits per heavy atom. The maximum absolute atomic E-state index is 5.67. The predicted molar refractivity (Wildman–Crippen MR) is 54.0 cm³/mol. The molecule has 1 rings (SSSR count). The van der Waals surface area contributed by atoms with Crippen molar-refractivity contribution in [1.29, 1.82) is 0 Å². The third-order valence-corrected chi connectivity index (χ3v) is 3.56. The molecule has 0 amide bonds. The zero-order valence-electron chi connectivity index (χ0n) is 8.77. The van der Waals surface area contributed by atoms with Crippen molar-refractivity contribution in [2.75, 3.05) is 6.54 Å². The largest absolute Gasteiger partial charge is 0.330 e. The molecular formula is C11H23N. The predicted octanol–water partition coefficient (Wildman–Crippen LogP) is 2.80. The normalized spacial score (nSPS) is 27.0. The van der Waals surface area contributed by atoms with E-state index < -0.39 is 0 Å². The van der Waals surface area contributed by atoms with Crippen molar-refractivity contribution in [3.8, 4) is 0 Å². The van der Waals surface area contributed by atoms with Gasteiger partial charge in [-0.15, -0.1) is 0 Å². The van der Waals surface area contributed by atoms with Crippen LogP contribution in [0.2, 0.25) is 0 Å². The lowest BCUT2D eigenvalue weighted by molar-refractivity contribution is 0.157. The van der Waals surface area contributed by atoms with Gasteiger partial charge in [0.05, 0.1) is 0 Å². The first-order valence-corrected chi connectivity index (χ1v) is 5.25. The fraction of sp³-hybridized carbons (Fsp3) is 1.00. The summed E-state index contributed by atoms with van der Waals surface area (Å²) >= 11 is 0. The van der Waals surface area contributed by atoms with Crippen LogP contribution in [-0.4, -0.2) is 6.54 Å². The van der Waals surface area contributed by atoms with Crippen molar-refractivity contribution in [2.24, 2.45) is 23.0 Å². The van der Waals surface area contributed by atoms with E-state index in [4.69, 9.17) is 5.73 Å². The summed E-state index contributed by atoms with van der Waals surface area (Å²) in [7, 11) is 0. The Kier molecular flexibility index (Phi) is 3.16. The van der Waals surface area contributed by atoms with Gasteiger partial charge in [-0.3, -0.25) is 0 Å². The van der Waals surface area contributed by atoms with Crippen LogP contribution in [0.5, 0.6) is 0 Å². The highest BCUT2D eigenvalue weighted by atomic mass is 14.6. The molecule has 1 aliphatic rings. The lowest BCUT2D eigenvalue weighted by atomic mass is 9.70. The number of hydrogen-bond acceptors (Lipinski definition) is 1. The minimum Gasteiger partial charge on any atom is -0.330 e. The molecule has 0 aromatic rings. The second-order valence-corrected chi connectivity index (χ2v) is 5.21. The van der Waals surface area contributed by atoms with Crippen molar-refractivity contribution in [3.63, 3.8) is 0 Å². The molecule has 1 nitrogen and oxygen atoms in total. The van der Waals surface area contributed by atoms with Crippen LogP contribution < -0.4 is 5.73 Å². The first kappa shape index (κ1) is 10.0. The van der Waals surface area contributed by atoms with Gasteiger partial charge in [0.2, 0.25) is 0 Å². The summed E-state index contributed by atoms with van der Waals surface area (Å²) in [5, 5.41) is 0. The maximum atomic E-state index is 5.67. The molecule has 1 atom stereocenters. The van der Waals surface area contributed by atoms with E-state index in [0.29, 0.717) is 5.41 Å². The third-order valence-electron chi connectivity index (χ3n) is 3.56. The topological polar surface area (TPSA) is 26.0 Å². The van der Waals surface area contributed by atoms with Crippen LogP contribution in [0.3, 0.4) is 0 Å². The van der Waals surface area contributed by atoms with Crippen LogP contribution in [0.4, 0.5) is 0 Å². The van der Waals surface area contributed by atoms with E-state index in [1.807, 2.05) is 0 Å². The zero-order valence-corrected chi connectivity index (χ0v) is 8.77. The number of hydrogen-bond donors (Lipinski definition) is 1. The van der Waals surface area contributed by atoms with E-state index in [2.05, 4.69) is 20.8 Å². The Bertz CT molecular complexity index is 130. The molecule has 0 heterocycles. The second-order valence-electron chi connectivity index (χ2n) is 5.21. The van der Waals surface area contributed by atoms with Gasteiger partial charge in [0.15, 0.2) is 0 Å². The van der Waals surface area contributed by atoms with Gasteiger partial charge >= 0.3 is 0 Å². The van der Waals surface area contributed by atoms with Gasteiger partial charge in [-0.2, -0.15) is 0 Å². The third kappa shape index (κ3) is 2.48. The summed E-state index contributed by atoms with van der Waals surface area (Å²) in [6, 6.07) is 0. The lowest BCUT2D eigenvalue weighted by Crippen LogP contribution is -2.28. The molecule has 0 aromatic heterocycles. The molecule has 1 aliphatic carbocycles. The summed E-state index contributed by atoms with van der Waals surface area (Å²) < 4.78 is 0. The summed E-state index contributed by atoms with van der Waals surface area (Å²) in [6.07, 6.45) is 5.57. The standard InChI is InChI=1S/C11H23N/c1-9(8-12)10-4-6-11(2,3)7-5-10/h9-10H,4-8,12H2,1-3H3/t9-/m0/s1. The second kappa shape index (κ2) is 3.78. The summed E-state index contributed by atoms with van der Waals surface area (Å²) in [6.45, 7) is 7.93. The van der Waals surface area contributed by atoms with E-state index in [1.165, 1.54) is 25.7 Å². The van der Waals surface area contributed by atoms with Gasteiger partial charge in [-0.1, -0.05) is 20.8 Å². The highest BCUT2D eigenvalue weighted by Crippen LogP contribution is 2.40. The van der Waals surface area contributed by atoms with E-state index in [1.54, 1.807) is 0 Å².